The highest BCUT2D eigenvalue weighted by Gasteiger charge is 2.19. The lowest BCUT2D eigenvalue weighted by molar-refractivity contribution is -0.144. The van der Waals surface area contributed by atoms with Crippen molar-refractivity contribution in [1.29, 1.82) is 0 Å². The number of aromatic amines is 1. The number of esters is 1. The van der Waals surface area contributed by atoms with E-state index in [2.05, 4.69) is 9.97 Å². The number of hydrogen-bond acceptors (Lipinski definition) is 5. The number of aryl methyl sites for hydroxylation is 4. The van der Waals surface area contributed by atoms with Crippen molar-refractivity contribution in [3.8, 4) is 0 Å². The molecule has 4 rings (SSSR count). The molecule has 140 valence electrons. The lowest BCUT2D eigenvalue weighted by atomic mass is 9.97. The highest BCUT2D eigenvalue weighted by molar-refractivity contribution is 7.18. The second kappa shape index (κ2) is 7.64. The molecule has 0 atom stereocenters. The van der Waals surface area contributed by atoms with Crippen molar-refractivity contribution < 1.29 is 9.53 Å². The molecule has 0 aliphatic heterocycles. The first-order valence-corrected chi connectivity index (χ1v) is 10.2. The minimum atomic E-state index is -0.288. The van der Waals surface area contributed by atoms with Crippen LogP contribution >= 0.6 is 11.3 Å². The Kier molecular flexibility index (Phi) is 5.07. The summed E-state index contributed by atoms with van der Waals surface area (Å²) in [6.07, 6.45) is 4.89. The Hall–Kier alpha value is -2.47. The predicted molar refractivity (Wildman–Crippen MR) is 106 cm³/mol. The Bertz CT molecular complexity index is 1030. The van der Waals surface area contributed by atoms with Gasteiger partial charge >= 0.3 is 5.97 Å². The Morgan fingerprint density at radius 3 is 2.81 bits per heavy atom. The van der Waals surface area contributed by atoms with E-state index in [9.17, 15) is 9.59 Å². The van der Waals surface area contributed by atoms with Gasteiger partial charge in [0.25, 0.3) is 5.56 Å². The van der Waals surface area contributed by atoms with Gasteiger partial charge in [0, 0.05) is 11.3 Å². The SMILES string of the molecule is Cc1ccc(COC(=O)CCc2nc3sc4c(c3c(=O)[nH]2)CCCC4)cc1. The largest absolute Gasteiger partial charge is 0.461 e. The van der Waals surface area contributed by atoms with E-state index in [4.69, 9.17) is 4.74 Å². The molecule has 2 aromatic heterocycles. The summed E-state index contributed by atoms with van der Waals surface area (Å²) in [6, 6.07) is 7.89. The zero-order valence-electron chi connectivity index (χ0n) is 15.3. The van der Waals surface area contributed by atoms with Crippen LogP contribution in [0.3, 0.4) is 0 Å². The normalized spacial score (nSPS) is 13.5. The molecule has 1 N–H and O–H groups in total. The third-order valence-electron chi connectivity index (χ3n) is 4.96. The number of nitrogens with zero attached hydrogens (tertiary/aromatic N) is 1. The molecule has 0 saturated heterocycles. The number of rotatable bonds is 5. The summed E-state index contributed by atoms with van der Waals surface area (Å²) < 4.78 is 5.32. The molecule has 1 aliphatic carbocycles. The number of nitrogens with one attached hydrogen (secondary N) is 1. The first kappa shape index (κ1) is 17.9. The topological polar surface area (TPSA) is 72.0 Å². The van der Waals surface area contributed by atoms with Crippen LogP contribution in [0.4, 0.5) is 0 Å². The molecule has 0 unspecified atom stereocenters. The van der Waals surface area contributed by atoms with Gasteiger partial charge in [0.2, 0.25) is 0 Å². The molecule has 2 heterocycles. The molecule has 5 nitrogen and oxygen atoms in total. The van der Waals surface area contributed by atoms with Gasteiger partial charge in [-0.1, -0.05) is 29.8 Å². The van der Waals surface area contributed by atoms with Gasteiger partial charge < -0.3 is 9.72 Å². The van der Waals surface area contributed by atoms with Crippen LogP contribution < -0.4 is 5.56 Å². The highest BCUT2D eigenvalue weighted by atomic mass is 32.1. The van der Waals surface area contributed by atoms with Crippen LogP contribution in [0, 0.1) is 6.92 Å². The molecule has 0 fully saturated rings. The molecule has 0 spiro atoms. The standard InChI is InChI=1S/C21H22N2O3S/c1-13-6-8-14(9-7-13)12-26-18(24)11-10-17-22-20(25)19-15-4-2-3-5-16(15)27-21(19)23-17/h6-9H,2-5,10-12H2,1H3,(H,22,23,25). The summed E-state index contributed by atoms with van der Waals surface area (Å²) in [7, 11) is 0. The fraction of sp³-hybridized carbons (Fsp3) is 0.381. The van der Waals surface area contributed by atoms with Crippen molar-refractivity contribution in [3.63, 3.8) is 0 Å². The van der Waals surface area contributed by atoms with Gasteiger partial charge in [-0.25, -0.2) is 4.98 Å². The van der Waals surface area contributed by atoms with Gasteiger partial charge in [0.1, 0.15) is 17.3 Å². The van der Waals surface area contributed by atoms with Gasteiger partial charge in [-0.3, -0.25) is 9.59 Å². The molecule has 0 radical (unpaired) electrons. The number of carbonyl (C=O) groups is 1. The maximum atomic E-state index is 12.5. The molecular formula is C21H22N2O3S. The number of ether oxygens (including phenoxy) is 1. The molecule has 6 heteroatoms. The number of H-pyrrole nitrogens is 1. The summed E-state index contributed by atoms with van der Waals surface area (Å²) in [5.41, 5.74) is 3.23. The van der Waals surface area contributed by atoms with Gasteiger partial charge in [-0.15, -0.1) is 11.3 Å². The van der Waals surface area contributed by atoms with Crippen LogP contribution in [0.1, 0.15) is 46.7 Å². The number of aromatic nitrogens is 2. The Morgan fingerprint density at radius 1 is 1.22 bits per heavy atom. The van der Waals surface area contributed by atoms with Crippen LogP contribution in [-0.4, -0.2) is 15.9 Å². The zero-order valence-corrected chi connectivity index (χ0v) is 16.2. The van der Waals surface area contributed by atoms with Crippen molar-refractivity contribution in [2.24, 2.45) is 0 Å². The lowest BCUT2D eigenvalue weighted by Crippen LogP contribution is -2.14. The van der Waals surface area contributed by atoms with Crippen LogP contribution in [0.15, 0.2) is 29.1 Å². The Morgan fingerprint density at radius 2 is 2.00 bits per heavy atom. The molecule has 1 aliphatic rings. The summed E-state index contributed by atoms with van der Waals surface area (Å²) in [4.78, 5) is 34.1. The number of hydrogen-bond donors (Lipinski definition) is 1. The molecular weight excluding hydrogens is 360 g/mol. The maximum Gasteiger partial charge on any atom is 0.306 e. The van der Waals surface area contributed by atoms with Crippen molar-refractivity contribution in [2.75, 3.05) is 0 Å². The van der Waals surface area contributed by atoms with Gasteiger partial charge in [0.15, 0.2) is 0 Å². The summed E-state index contributed by atoms with van der Waals surface area (Å²) in [5.74, 6) is 0.266. The fourth-order valence-corrected chi connectivity index (χ4v) is 4.75. The van der Waals surface area contributed by atoms with E-state index in [0.717, 1.165) is 35.0 Å². The van der Waals surface area contributed by atoms with Gasteiger partial charge in [0.05, 0.1) is 11.8 Å². The quantitative estimate of drug-likeness (QED) is 0.681. The average molecular weight is 382 g/mol. The van der Waals surface area contributed by atoms with Crippen molar-refractivity contribution in [1.82, 2.24) is 9.97 Å². The van der Waals surface area contributed by atoms with Crippen molar-refractivity contribution in [2.45, 2.75) is 52.1 Å². The first-order chi connectivity index (χ1) is 13.1. The summed E-state index contributed by atoms with van der Waals surface area (Å²) in [6.45, 7) is 2.28. The molecule has 0 saturated carbocycles. The summed E-state index contributed by atoms with van der Waals surface area (Å²) >= 11 is 1.62. The minimum Gasteiger partial charge on any atom is -0.461 e. The molecule has 1 aromatic carbocycles. The van der Waals surface area contributed by atoms with E-state index >= 15 is 0 Å². The molecule has 0 bridgehead atoms. The predicted octanol–water partition coefficient (Wildman–Crippen LogP) is 3.85. The van der Waals surface area contributed by atoms with Crippen LogP contribution in [0.2, 0.25) is 0 Å². The fourth-order valence-electron chi connectivity index (χ4n) is 3.47. The van der Waals surface area contributed by atoms with Gasteiger partial charge in [-0.05, 0) is 43.7 Å². The summed E-state index contributed by atoms with van der Waals surface area (Å²) in [5, 5.41) is 0.750. The van der Waals surface area contributed by atoms with Crippen LogP contribution in [0.5, 0.6) is 0 Å². The van der Waals surface area contributed by atoms with Crippen molar-refractivity contribution in [3.05, 3.63) is 62.0 Å². The lowest BCUT2D eigenvalue weighted by Gasteiger charge is -2.09. The molecule has 27 heavy (non-hydrogen) atoms. The van der Waals surface area contributed by atoms with E-state index < -0.39 is 0 Å². The van der Waals surface area contributed by atoms with E-state index in [0.29, 0.717) is 12.2 Å². The highest BCUT2D eigenvalue weighted by Crippen LogP contribution is 2.33. The van der Waals surface area contributed by atoms with Crippen LogP contribution in [-0.2, 0) is 35.4 Å². The smallest absolute Gasteiger partial charge is 0.306 e. The zero-order chi connectivity index (χ0) is 18.8. The average Bonchev–Trinajstić information content (AvgIpc) is 3.05. The third kappa shape index (κ3) is 3.95. The van der Waals surface area contributed by atoms with E-state index in [1.54, 1.807) is 11.3 Å². The number of fused-ring (bicyclic) bond motifs is 3. The van der Waals surface area contributed by atoms with Gasteiger partial charge in [-0.2, -0.15) is 0 Å². The Balaban J connectivity index is 1.40. The second-order valence-corrected chi connectivity index (χ2v) is 8.13. The number of benzene rings is 1. The van der Waals surface area contributed by atoms with E-state index in [1.807, 2.05) is 31.2 Å². The number of carbonyl (C=O) groups excluding carboxylic acids is 1. The third-order valence-corrected chi connectivity index (χ3v) is 6.15. The number of thiophene rings is 1. The first-order valence-electron chi connectivity index (χ1n) is 9.35. The maximum absolute atomic E-state index is 12.5. The minimum absolute atomic E-state index is 0.0811. The monoisotopic (exact) mass is 382 g/mol. The van der Waals surface area contributed by atoms with Crippen molar-refractivity contribution >= 4 is 27.5 Å². The van der Waals surface area contributed by atoms with E-state index in [1.165, 1.54) is 22.4 Å². The van der Waals surface area contributed by atoms with E-state index in [-0.39, 0.29) is 24.6 Å². The molecule has 3 aromatic rings. The van der Waals surface area contributed by atoms with Crippen LogP contribution in [0.25, 0.3) is 10.2 Å². The second-order valence-electron chi connectivity index (χ2n) is 7.05. The Labute approximate surface area is 161 Å². The molecule has 0 amide bonds.